The van der Waals surface area contributed by atoms with Crippen molar-refractivity contribution in [1.29, 1.82) is 0 Å². The van der Waals surface area contributed by atoms with Gasteiger partial charge in [-0.3, -0.25) is 0 Å². The van der Waals surface area contributed by atoms with Crippen LogP contribution in [0.15, 0.2) is 41.3 Å². The Kier molecular flexibility index (Phi) is 4.75. The van der Waals surface area contributed by atoms with Crippen LogP contribution in [0, 0.1) is 20.8 Å². The summed E-state index contributed by atoms with van der Waals surface area (Å²) in [6, 6.07) is 9.60. The van der Waals surface area contributed by atoms with E-state index in [0.29, 0.717) is 5.56 Å². The van der Waals surface area contributed by atoms with Gasteiger partial charge in [0.1, 0.15) is 10.6 Å². The second-order valence-corrected chi connectivity index (χ2v) is 6.80. The van der Waals surface area contributed by atoms with E-state index >= 15 is 0 Å². The standard InChI is InChI=1S/C17H18O5S/c1-11-8-12(2)10-14(9-11)22-23(19,20)16-7-5-6-15(13(16)3)17(18)21-4/h5-10H,1-4H3. The second-order valence-electron chi connectivity index (χ2n) is 5.28. The number of ether oxygens (including phenoxy) is 1. The van der Waals surface area contributed by atoms with Crippen molar-refractivity contribution in [3.8, 4) is 5.75 Å². The first-order valence-corrected chi connectivity index (χ1v) is 8.36. The molecule has 0 saturated carbocycles. The van der Waals surface area contributed by atoms with Crippen LogP contribution in [0.4, 0.5) is 0 Å². The predicted molar refractivity (Wildman–Crippen MR) is 86.2 cm³/mol. The SMILES string of the molecule is COC(=O)c1cccc(S(=O)(=O)Oc2cc(C)cc(C)c2)c1C. The fourth-order valence-corrected chi connectivity index (χ4v) is 3.54. The molecule has 0 unspecified atom stereocenters. The van der Waals surface area contributed by atoms with Crippen LogP contribution in [0.5, 0.6) is 5.75 Å². The number of methoxy groups -OCH3 is 1. The molecule has 0 N–H and O–H groups in total. The Morgan fingerprint density at radius 2 is 1.61 bits per heavy atom. The highest BCUT2D eigenvalue weighted by Crippen LogP contribution is 2.25. The van der Waals surface area contributed by atoms with Gasteiger partial charge in [-0.15, -0.1) is 0 Å². The van der Waals surface area contributed by atoms with Crippen LogP contribution in [0.2, 0.25) is 0 Å². The summed E-state index contributed by atoms with van der Waals surface area (Å²) in [5.74, 6) is -0.351. The summed E-state index contributed by atoms with van der Waals surface area (Å²) in [5, 5.41) is 0. The van der Waals surface area contributed by atoms with Crippen LogP contribution >= 0.6 is 0 Å². The van der Waals surface area contributed by atoms with Crippen molar-refractivity contribution < 1.29 is 22.1 Å². The Morgan fingerprint density at radius 1 is 1.00 bits per heavy atom. The van der Waals surface area contributed by atoms with Gasteiger partial charge in [-0.1, -0.05) is 12.1 Å². The number of esters is 1. The molecule has 0 spiro atoms. The number of aryl methyl sites for hydroxylation is 2. The summed E-state index contributed by atoms with van der Waals surface area (Å²) in [7, 11) is -2.80. The van der Waals surface area contributed by atoms with E-state index in [1.54, 1.807) is 19.1 Å². The van der Waals surface area contributed by atoms with Gasteiger partial charge in [-0.25, -0.2) is 4.79 Å². The molecular weight excluding hydrogens is 316 g/mol. The van der Waals surface area contributed by atoms with E-state index in [1.807, 2.05) is 19.9 Å². The monoisotopic (exact) mass is 334 g/mol. The summed E-state index contributed by atoms with van der Waals surface area (Å²) < 4.78 is 34.9. The fourth-order valence-electron chi connectivity index (χ4n) is 2.37. The molecule has 0 aliphatic rings. The van der Waals surface area contributed by atoms with Gasteiger partial charge in [0, 0.05) is 0 Å². The average Bonchev–Trinajstić information content (AvgIpc) is 2.44. The van der Waals surface area contributed by atoms with Gasteiger partial charge in [0.2, 0.25) is 0 Å². The van der Waals surface area contributed by atoms with E-state index in [4.69, 9.17) is 4.18 Å². The van der Waals surface area contributed by atoms with E-state index in [0.717, 1.165) is 11.1 Å². The number of rotatable bonds is 4. The Balaban J connectivity index is 2.46. The number of hydrogen-bond acceptors (Lipinski definition) is 5. The normalized spacial score (nSPS) is 11.1. The zero-order valence-corrected chi connectivity index (χ0v) is 14.2. The second kappa shape index (κ2) is 6.42. The third kappa shape index (κ3) is 3.71. The Labute approximate surface area is 136 Å². The number of carbonyl (C=O) groups is 1. The van der Waals surface area contributed by atoms with E-state index in [2.05, 4.69) is 4.74 Å². The molecule has 0 aliphatic heterocycles. The van der Waals surface area contributed by atoms with Gasteiger partial charge in [0.25, 0.3) is 0 Å². The highest BCUT2D eigenvalue weighted by molar-refractivity contribution is 7.87. The molecule has 0 aliphatic carbocycles. The van der Waals surface area contributed by atoms with Gasteiger partial charge in [0.15, 0.2) is 0 Å². The van der Waals surface area contributed by atoms with Crippen LogP contribution in [0.1, 0.15) is 27.0 Å². The molecular formula is C17H18O5S. The maximum atomic E-state index is 12.5. The molecule has 0 heterocycles. The number of carbonyl (C=O) groups excluding carboxylic acids is 1. The van der Waals surface area contributed by atoms with Crippen molar-refractivity contribution >= 4 is 16.1 Å². The third-order valence-electron chi connectivity index (χ3n) is 3.36. The van der Waals surface area contributed by atoms with Gasteiger partial charge < -0.3 is 8.92 Å². The molecule has 6 heteroatoms. The lowest BCUT2D eigenvalue weighted by Gasteiger charge is -2.12. The van der Waals surface area contributed by atoms with E-state index < -0.39 is 16.1 Å². The largest absolute Gasteiger partial charge is 0.465 e. The van der Waals surface area contributed by atoms with Gasteiger partial charge in [0.05, 0.1) is 12.7 Å². The molecule has 0 fully saturated rings. The summed E-state index contributed by atoms with van der Waals surface area (Å²) in [5.41, 5.74) is 2.28. The predicted octanol–water partition coefficient (Wildman–Crippen LogP) is 3.17. The highest BCUT2D eigenvalue weighted by Gasteiger charge is 2.23. The summed E-state index contributed by atoms with van der Waals surface area (Å²) >= 11 is 0. The lowest BCUT2D eigenvalue weighted by atomic mass is 10.1. The van der Waals surface area contributed by atoms with Gasteiger partial charge in [-0.05, 0) is 61.7 Å². The van der Waals surface area contributed by atoms with Gasteiger partial charge in [-0.2, -0.15) is 8.42 Å². The van der Waals surface area contributed by atoms with Crippen molar-refractivity contribution in [3.05, 3.63) is 58.7 Å². The summed E-state index contributed by atoms with van der Waals surface area (Å²) in [6.07, 6.45) is 0. The summed E-state index contributed by atoms with van der Waals surface area (Å²) in [4.78, 5) is 11.6. The highest BCUT2D eigenvalue weighted by atomic mass is 32.2. The lowest BCUT2D eigenvalue weighted by molar-refractivity contribution is 0.0599. The van der Waals surface area contributed by atoms with Crippen LogP contribution in [-0.2, 0) is 14.9 Å². The Bertz CT molecular complexity index is 833. The smallest absolute Gasteiger partial charge is 0.339 e. The molecule has 2 aromatic carbocycles. The topological polar surface area (TPSA) is 69.7 Å². The quantitative estimate of drug-likeness (QED) is 0.634. The zero-order valence-electron chi connectivity index (χ0n) is 13.4. The van der Waals surface area contributed by atoms with Crippen molar-refractivity contribution in [2.24, 2.45) is 0 Å². The van der Waals surface area contributed by atoms with Crippen LogP contribution in [0.25, 0.3) is 0 Å². The van der Waals surface area contributed by atoms with E-state index in [-0.39, 0.29) is 16.2 Å². The van der Waals surface area contributed by atoms with Crippen LogP contribution < -0.4 is 4.18 Å². The lowest BCUT2D eigenvalue weighted by Crippen LogP contribution is -2.14. The molecule has 122 valence electrons. The number of hydrogen-bond donors (Lipinski definition) is 0. The number of benzene rings is 2. The van der Waals surface area contributed by atoms with Crippen molar-refractivity contribution in [1.82, 2.24) is 0 Å². The minimum atomic E-state index is -4.05. The first-order chi connectivity index (χ1) is 10.7. The molecule has 0 amide bonds. The molecule has 0 radical (unpaired) electrons. The van der Waals surface area contributed by atoms with E-state index in [9.17, 15) is 13.2 Å². The molecule has 23 heavy (non-hydrogen) atoms. The maximum Gasteiger partial charge on any atom is 0.339 e. The zero-order chi connectivity index (χ0) is 17.2. The molecule has 0 bridgehead atoms. The van der Waals surface area contributed by atoms with Crippen molar-refractivity contribution in [3.63, 3.8) is 0 Å². The summed E-state index contributed by atoms with van der Waals surface area (Å²) in [6.45, 7) is 5.26. The van der Waals surface area contributed by atoms with Crippen molar-refractivity contribution in [2.75, 3.05) is 7.11 Å². The fraction of sp³-hybridized carbons (Fsp3) is 0.235. The molecule has 0 aromatic heterocycles. The maximum absolute atomic E-state index is 12.5. The van der Waals surface area contributed by atoms with E-state index in [1.165, 1.54) is 25.3 Å². The molecule has 5 nitrogen and oxygen atoms in total. The average molecular weight is 334 g/mol. The van der Waals surface area contributed by atoms with Crippen molar-refractivity contribution in [2.45, 2.75) is 25.7 Å². The first-order valence-electron chi connectivity index (χ1n) is 6.95. The first kappa shape index (κ1) is 17.0. The van der Waals surface area contributed by atoms with Crippen LogP contribution in [0.3, 0.4) is 0 Å². The molecule has 0 atom stereocenters. The minimum absolute atomic E-state index is 0.0560. The van der Waals surface area contributed by atoms with Gasteiger partial charge >= 0.3 is 16.1 Å². The molecule has 0 saturated heterocycles. The van der Waals surface area contributed by atoms with Crippen LogP contribution in [-0.4, -0.2) is 21.5 Å². The Morgan fingerprint density at radius 3 is 2.17 bits per heavy atom. The molecule has 2 aromatic rings. The minimum Gasteiger partial charge on any atom is -0.465 e. The molecule has 2 rings (SSSR count). The third-order valence-corrected chi connectivity index (χ3v) is 4.75. The Hall–Kier alpha value is -2.34.